The Balaban J connectivity index is 1.83. The summed E-state index contributed by atoms with van der Waals surface area (Å²) in [6.07, 6.45) is 4.74. The quantitative estimate of drug-likeness (QED) is 0.727. The molecule has 17 heavy (non-hydrogen) atoms. The Labute approximate surface area is 103 Å². The van der Waals surface area contributed by atoms with Crippen LogP contribution in [0.15, 0.2) is 30.3 Å². The van der Waals surface area contributed by atoms with E-state index in [4.69, 9.17) is 0 Å². The predicted octanol–water partition coefficient (Wildman–Crippen LogP) is 2.74. The number of benzene rings is 1. The van der Waals surface area contributed by atoms with E-state index in [0.29, 0.717) is 11.8 Å². The molecule has 0 N–H and O–H groups in total. The average molecular weight is 229 g/mol. The van der Waals surface area contributed by atoms with E-state index in [0.717, 1.165) is 18.0 Å². The second-order valence-electron chi connectivity index (χ2n) is 5.38. The van der Waals surface area contributed by atoms with Gasteiger partial charge in [0.1, 0.15) is 0 Å². The number of Topliss-reactive ketones (excluding diaryl/α,β-unsaturated/α-hetero) is 1. The van der Waals surface area contributed by atoms with Gasteiger partial charge >= 0.3 is 0 Å². The smallest absolute Gasteiger partial charge is 0.167 e. The summed E-state index contributed by atoms with van der Waals surface area (Å²) in [6.45, 7) is 0. The number of carbonyl (C=O) groups is 1. The second-order valence-corrected chi connectivity index (χ2v) is 5.38. The van der Waals surface area contributed by atoms with Crippen LogP contribution in [0.1, 0.15) is 36.0 Å². The van der Waals surface area contributed by atoms with Gasteiger partial charge in [0, 0.05) is 23.6 Å². The summed E-state index contributed by atoms with van der Waals surface area (Å²) < 4.78 is 0. The topological polar surface area (TPSA) is 20.3 Å². The van der Waals surface area contributed by atoms with Crippen molar-refractivity contribution in [2.45, 2.75) is 37.8 Å². The van der Waals surface area contributed by atoms with Crippen LogP contribution in [0.3, 0.4) is 0 Å². The molecular formula is C15H19NO. The highest BCUT2D eigenvalue weighted by Gasteiger charge is 2.42. The Morgan fingerprint density at radius 3 is 2.59 bits per heavy atom. The molecule has 3 rings (SSSR count). The molecule has 0 amide bonds. The van der Waals surface area contributed by atoms with Crippen molar-refractivity contribution in [3.8, 4) is 0 Å². The van der Waals surface area contributed by atoms with Crippen molar-refractivity contribution >= 4 is 5.78 Å². The number of carbonyl (C=O) groups excluding carboxylic acids is 1. The number of nitrogens with zero attached hydrogens (tertiary/aromatic N) is 1. The first-order valence-corrected chi connectivity index (χ1v) is 6.58. The van der Waals surface area contributed by atoms with Crippen LogP contribution in [0.5, 0.6) is 0 Å². The Bertz CT molecular complexity index is 414. The van der Waals surface area contributed by atoms with Gasteiger partial charge in [0.25, 0.3) is 0 Å². The molecule has 2 fully saturated rings. The molecule has 2 saturated heterocycles. The Morgan fingerprint density at radius 2 is 1.82 bits per heavy atom. The largest absolute Gasteiger partial charge is 0.300 e. The van der Waals surface area contributed by atoms with Gasteiger partial charge in [0.2, 0.25) is 0 Å². The summed E-state index contributed by atoms with van der Waals surface area (Å²) in [5.41, 5.74) is 0.885. The fourth-order valence-electron chi connectivity index (χ4n) is 3.56. The highest BCUT2D eigenvalue weighted by molar-refractivity contribution is 5.98. The van der Waals surface area contributed by atoms with Gasteiger partial charge in [-0.2, -0.15) is 0 Å². The molecule has 2 heteroatoms. The highest BCUT2D eigenvalue weighted by atomic mass is 16.1. The molecule has 0 aliphatic carbocycles. The minimum Gasteiger partial charge on any atom is -0.300 e. The summed E-state index contributed by atoms with van der Waals surface area (Å²) in [7, 11) is 2.19. The Hall–Kier alpha value is -1.15. The molecule has 0 spiro atoms. The third-order valence-corrected chi connectivity index (χ3v) is 4.57. The summed E-state index contributed by atoms with van der Waals surface area (Å²) in [5, 5.41) is 0. The SMILES string of the molecule is CN1[C@H]2CC[C@@H]1[C@H](C(=O)c1ccccc1)CC2. The van der Waals surface area contributed by atoms with Crippen molar-refractivity contribution in [3.05, 3.63) is 35.9 Å². The number of rotatable bonds is 2. The molecule has 0 aromatic heterocycles. The van der Waals surface area contributed by atoms with Gasteiger partial charge in [-0.3, -0.25) is 9.69 Å². The number of fused-ring (bicyclic) bond motifs is 2. The van der Waals surface area contributed by atoms with Gasteiger partial charge < -0.3 is 0 Å². The zero-order chi connectivity index (χ0) is 11.8. The first-order valence-electron chi connectivity index (χ1n) is 6.58. The van der Waals surface area contributed by atoms with Crippen molar-refractivity contribution < 1.29 is 4.79 Å². The molecule has 0 radical (unpaired) electrons. The fourth-order valence-corrected chi connectivity index (χ4v) is 3.56. The molecule has 2 bridgehead atoms. The maximum atomic E-state index is 12.5. The molecule has 0 saturated carbocycles. The van der Waals surface area contributed by atoms with Gasteiger partial charge in [-0.25, -0.2) is 0 Å². The van der Waals surface area contributed by atoms with Crippen molar-refractivity contribution in [1.29, 1.82) is 0 Å². The highest BCUT2D eigenvalue weighted by Crippen LogP contribution is 2.39. The van der Waals surface area contributed by atoms with Crippen molar-refractivity contribution in [1.82, 2.24) is 4.90 Å². The van der Waals surface area contributed by atoms with Gasteiger partial charge in [-0.05, 0) is 32.7 Å². The molecular weight excluding hydrogens is 210 g/mol. The average Bonchev–Trinajstić information content (AvgIpc) is 2.62. The van der Waals surface area contributed by atoms with Gasteiger partial charge in [0.05, 0.1) is 0 Å². The van der Waals surface area contributed by atoms with E-state index in [1.807, 2.05) is 30.3 Å². The van der Waals surface area contributed by atoms with Crippen LogP contribution in [0.4, 0.5) is 0 Å². The van der Waals surface area contributed by atoms with Crippen molar-refractivity contribution in [2.24, 2.45) is 5.92 Å². The van der Waals surface area contributed by atoms with Gasteiger partial charge in [0.15, 0.2) is 5.78 Å². The minimum absolute atomic E-state index is 0.223. The van der Waals surface area contributed by atoms with Gasteiger partial charge in [-0.15, -0.1) is 0 Å². The Morgan fingerprint density at radius 1 is 1.12 bits per heavy atom. The van der Waals surface area contributed by atoms with E-state index in [2.05, 4.69) is 11.9 Å². The number of piperidine rings is 1. The summed E-state index contributed by atoms with van der Waals surface area (Å²) >= 11 is 0. The summed E-state index contributed by atoms with van der Waals surface area (Å²) in [6, 6.07) is 11.0. The monoisotopic (exact) mass is 229 g/mol. The van der Waals surface area contributed by atoms with Crippen LogP contribution in [0.25, 0.3) is 0 Å². The van der Waals surface area contributed by atoms with Crippen LogP contribution >= 0.6 is 0 Å². The lowest BCUT2D eigenvalue weighted by Gasteiger charge is -2.36. The first kappa shape index (κ1) is 11.0. The van der Waals surface area contributed by atoms with Crippen LogP contribution in [0.2, 0.25) is 0 Å². The fraction of sp³-hybridized carbons (Fsp3) is 0.533. The second kappa shape index (κ2) is 4.26. The molecule has 1 aromatic rings. The molecule has 2 heterocycles. The summed E-state index contributed by atoms with van der Waals surface area (Å²) in [4.78, 5) is 14.9. The third kappa shape index (κ3) is 1.81. The molecule has 2 aliphatic rings. The lowest BCUT2D eigenvalue weighted by Crippen LogP contribution is -2.44. The molecule has 0 unspecified atom stereocenters. The number of hydrogen-bond acceptors (Lipinski definition) is 2. The first-order chi connectivity index (χ1) is 8.27. The minimum atomic E-state index is 0.223. The standard InChI is InChI=1S/C15H19NO/c1-16-12-7-9-13(14(16)10-8-12)15(17)11-5-3-2-4-6-11/h2-6,12-14H,7-10H2,1H3/t12-,13-,14-/m1/s1. The summed E-state index contributed by atoms with van der Waals surface area (Å²) in [5.74, 6) is 0.573. The van der Waals surface area contributed by atoms with Crippen LogP contribution in [-0.2, 0) is 0 Å². The molecule has 3 atom stereocenters. The van der Waals surface area contributed by atoms with Crippen LogP contribution in [0, 0.1) is 5.92 Å². The molecule has 1 aromatic carbocycles. The van der Waals surface area contributed by atoms with Crippen LogP contribution < -0.4 is 0 Å². The lowest BCUT2D eigenvalue weighted by atomic mass is 9.84. The van der Waals surface area contributed by atoms with Crippen molar-refractivity contribution in [2.75, 3.05) is 7.05 Å². The van der Waals surface area contributed by atoms with E-state index >= 15 is 0 Å². The zero-order valence-electron chi connectivity index (χ0n) is 10.3. The van der Waals surface area contributed by atoms with E-state index in [-0.39, 0.29) is 5.92 Å². The number of hydrogen-bond donors (Lipinski definition) is 0. The van der Waals surface area contributed by atoms with Gasteiger partial charge in [-0.1, -0.05) is 30.3 Å². The lowest BCUT2D eigenvalue weighted by molar-refractivity contribution is 0.0712. The van der Waals surface area contributed by atoms with Crippen LogP contribution in [-0.4, -0.2) is 29.8 Å². The maximum Gasteiger partial charge on any atom is 0.167 e. The van der Waals surface area contributed by atoms with E-state index in [9.17, 15) is 4.79 Å². The molecule has 2 nitrogen and oxygen atoms in total. The van der Waals surface area contributed by atoms with Crippen molar-refractivity contribution in [3.63, 3.8) is 0 Å². The molecule has 90 valence electrons. The van der Waals surface area contributed by atoms with E-state index in [1.165, 1.54) is 19.3 Å². The Kier molecular flexibility index (Phi) is 2.75. The van der Waals surface area contributed by atoms with E-state index in [1.54, 1.807) is 0 Å². The third-order valence-electron chi connectivity index (χ3n) is 4.57. The van der Waals surface area contributed by atoms with E-state index < -0.39 is 0 Å². The zero-order valence-corrected chi connectivity index (χ0v) is 10.3. The normalized spacial score (nSPS) is 32.6. The number of ketones is 1. The maximum absolute atomic E-state index is 12.5. The predicted molar refractivity (Wildman–Crippen MR) is 68.1 cm³/mol. The molecule has 2 aliphatic heterocycles.